The van der Waals surface area contributed by atoms with Gasteiger partial charge in [0.25, 0.3) is 0 Å². The van der Waals surface area contributed by atoms with Crippen LogP contribution in [0.1, 0.15) is 33.6 Å². The molecule has 94 valence electrons. The van der Waals surface area contributed by atoms with Crippen LogP contribution in [0.3, 0.4) is 0 Å². The Bertz CT molecular complexity index is 232. The molecule has 1 aliphatic rings. The van der Waals surface area contributed by atoms with Gasteiger partial charge in [-0.2, -0.15) is 0 Å². The molecular weight excluding hydrogens is 202 g/mol. The topological polar surface area (TPSA) is 58.4 Å². The third-order valence-electron chi connectivity index (χ3n) is 3.57. The second kappa shape index (κ2) is 6.21. The molecule has 4 nitrogen and oxygen atoms in total. The molecule has 0 spiro atoms. The molecule has 0 aliphatic carbocycles. The molecule has 1 rings (SSSR count). The summed E-state index contributed by atoms with van der Waals surface area (Å²) in [7, 11) is 0. The molecule has 0 radical (unpaired) electrons. The van der Waals surface area contributed by atoms with Crippen LogP contribution in [0.4, 0.5) is 0 Å². The van der Waals surface area contributed by atoms with Crippen molar-refractivity contribution in [2.75, 3.05) is 19.6 Å². The summed E-state index contributed by atoms with van der Waals surface area (Å²) in [4.78, 5) is 13.5. The van der Waals surface area contributed by atoms with Gasteiger partial charge in [-0.05, 0) is 12.8 Å². The zero-order chi connectivity index (χ0) is 12.1. The van der Waals surface area contributed by atoms with Gasteiger partial charge in [0.1, 0.15) is 0 Å². The van der Waals surface area contributed by atoms with E-state index < -0.39 is 0 Å². The van der Waals surface area contributed by atoms with Crippen molar-refractivity contribution >= 4 is 5.91 Å². The number of hydrogen-bond donors (Lipinski definition) is 2. The first-order chi connectivity index (χ1) is 7.58. The predicted molar refractivity (Wildman–Crippen MR) is 66.1 cm³/mol. The van der Waals surface area contributed by atoms with Crippen LogP contribution in [-0.2, 0) is 4.79 Å². The molecule has 0 bridgehead atoms. The van der Waals surface area contributed by atoms with Crippen molar-refractivity contribution in [3.63, 3.8) is 0 Å². The lowest BCUT2D eigenvalue weighted by atomic mass is 10.0. The maximum Gasteiger partial charge on any atom is 0.221 e. The van der Waals surface area contributed by atoms with Gasteiger partial charge in [-0.1, -0.05) is 20.8 Å². The quantitative estimate of drug-likeness (QED) is 0.722. The van der Waals surface area contributed by atoms with Gasteiger partial charge in [0.2, 0.25) is 5.91 Å². The van der Waals surface area contributed by atoms with Crippen molar-refractivity contribution in [1.29, 1.82) is 0 Å². The summed E-state index contributed by atoms with van der Waals surface area (Å²) in [6.45, 7) is 9.16. The highest BCUT2D eigenvalue weighted by Gasteiger charge is 2.27. The molecule has 3 unspecified atom stereocenters. The molecule has 3 N–H and O–H groups in total. The molecule has 0 saturated carbocycles. The lowest BCUT2D eigenvalue weighted by Crippen LogP contribution is -2.57. The summed E-state index contributed by atoms with van der Waals surface area (Å²) in [5.41, 5.74) is 5.33. The number of nitrogens with two attached hydrogens (primary N) is 1. The fraction of sp³-hybridized carbons (Fsp3) is 0.917. The van der Waals surface area contributed by atoms with E-state index >= 15 is 0 Å². The number of nitrogens with one attached hydrogen (secondary N) is 1. The van der Waals surface area contributed by atoms with Crippen molar-refractivity contribution in [2.45, 2.75) is 45.7 Å². The van der Waals surface area contributed by atoms with Crippen LogP contribution < -0.4 is 11.1 Å². The minimum absolute atomic E-state index is 0.0512. The van der Waals surface area contributed by atoms with Gasteiger partial charge in [0.15, 0.2) is 0 Å². The van der Waals surface area contributed by atoms with Crippen molar-refractivity contribution in [1.82, 2.24) is 10.2 Å². The lowest BCUT2D eigenvalue weighted by molar-refractivity contribution is -0.122. The van der Waals surface area contributed by atoms with Gasteiger partial charge < -0.3 is 11.1 Å². The van der Waals surface area contributed by atoms with Crippen LogP contribution in [0.25, 0.3) is 0 Å². The molecule has 0 aromatic heterocycles. The Morgan fingerprint density at radius 3 is 2.69 bits per heavy atom. The van der Waals surface area contributed by atoms with E-state index in [2.05, 4.69) is 24.1 Å². The van der Waals surface area contributed by atoms with Crippen LogP contribution >= 0.6 is 0 Å². The monoisotopic (exact) mass is 227 g/mol. The Hall–Kier alpha value is -0.610. The third kappa shape index (κ3) is 3.46. The minimum atomic E-state index is -0.193. The van der Waals surface area contributed by atoms with Crippen molar-refractivity contribution in [3.8, 4) is 0 Å². The molecule has 1 saturated heterocycles. The van der Waals surface area contributed by atoms with Gasteiger partial charge >= 0.3 is 0 Å². The largest absolute Gasteiger partial charge is 0.369 e. The molecule has 16 heavy (non-hydrogen) atoms. The predicted octanol–water partition coefficient (Wildman–Crippen LogP) is 0.570. The van der Waals surface area contributed by atoms with E-state index in [0.717, 1.165) is 32.5 Å². The second-order valence-electron chi connectivity index (χ2n) is 4.83. The number of carbonyl (C=O) groups excluding carboxylic acids is 1. The summed E-state index contributed by atoms with van der Waals surface area (Å²) in [6, 6.07) is 1.10. The van der Waals surface area contributed by atoms with Gasteiger partial charge in [-0.25, -0.2) is 0 Å². The van der Waals surface area contributed by atoms with Gasteiger partial charge in [-0.3, -0.25) is 9.69 Å². The number of carbonyl (C=O) groups is 1. The van der Waals surface area contributed by atoms with E-state index in [0.29, 0.717) is 12.1 Å². The molecule has 1 aliphatic heterocycles. The minimum Gasteiger partial charge on any atom is -0.369 e. The zero-order valence-electron chi connectivity index (χ0n) is 10.7. The molecule has 3 atom stereocenters. The maximum absolute atomic E-state index is 11.1. The van der Waals surface area contributed by atoms with Gasteiger partial charge in [-0.15, -0.1) is 0 Å². The van der Waals surface area contributed by atoms with Crippen LogP contribution in [0.2, 0.25) is 0 Å². The average Bonchev–Trinajstić information content (AvgIpc) is 2.28. The number of piperazine rings is 1. The first kappa shape index (κ1) is 13.5. The molecule has 0 aromatic rings. The van der Waals surface area contributed by atoms with E-state index in [-0.39, 0.29) is 11.8 Å². The Kier molecular flexibility index (Phi) is 5.22. The summed E-state index contributed by atoms with van der Waals surface area (Å²) in [6.07, 6.45) is 2.26. The van der Waals surface area contributed by atoms with Crippen LogP contribution in [0.15, 0.2) is 0 Å². The summed E-state index contributed by atoms with van der Waals surface area (Å²) in [5, 5.41) is 3.54. The van der Waals surface area contributed by atoms with E-state index in [9.17, 15) is 4.79 Å². The fourth-order valence-electron chi connectivity index (χ4n) is 2.27. The standard InChI is InChI=1S/C12H25N3O/c1-4-10-8-15(7-9(3)12(13)16)11(5-2)6-14-10/h9-11,14H,4-8H2,1-3H3,(H2,13,16). The fourth-order valence-corrected chi connectivity index (χ4v) is 2.27. The second-order valence-corrected chi connectivity index (χ2v) is 4.83. The zero-order valence-corrected chi connectivity index (χ0v) is 10.7. The normalized spacial score (nSPS) is 28.9. The summed E-state index contributed by atoms with van der Waals surface area (Å²) < 4.78 is 0. The van der Waals surface area contributed by atoms with Crippen molar-refractivity contribution in [2.24, 2.45) is 11.7 Å². The van der Waals surface area contributed by atoms with E-state index in [4.69, 9.17) is 5.73 Å². The van der Waals surface area contributed by atoms with Crippen LogP contribution in [0, 0.1) is 5.92 Å². The Morgan fingerprint density at radius 1 is 1.50 bits per heavy atom. The highest BCUT2D eigenvalue weighted by atomic mass is 16.1. The molecular formula is C12H25N3O. The van der Waals surface area contributed by atoms with Gasteiger partial charge in [0.05, 0.1) is 0 Å². The van der Waals surface area contributed by atoms with Crippen molar-refractivity contribution < 1.29 is 4.79 Å². The van der Waals surface area contributed by atoms with Crippen LogP contribution in [0.5, 0.6) is 0 Å². The first-order valence-corrected chi connectivity index (χ1v) is 6.35. The molecule has 1 fully saturated rings. The van der Waals surface area contributed by atoms with Crippen LogP contribution in [-0.4, -0.2) is 42.5 Å². The average molecular weight is 227 g/mol. The lowest BCUT2D eigenvalue weighted by Gasteiger charge is -2.40. The Balaban J connectivity index is 2.54. The highest BCUT2D eigenvalue weighted by molar-refractivity contribution is 5.76. The number of rotatable bonds is 5. The maximum atomic E-state index is 11.1. The van der Waals surface area contributed by atoms with Gasteiger partial charge in [0, 0.05) is 37.6 Å². The van der Waals surface area contributed by atoms with E-state index in [1.807, 2.05) is 6.92 Å². The number of amides is 1. The summed E-state index contributed by atoms with van der Waals surface area (Å²) >= 11 is 0. The first-order valence-electron chi connectivity index (χ1n) is 6.35. The number of hydrogen-bond acceptors (Lipinski definition) is 3. The highest BCUT2D eigenvalue weighted by Crippen LogP contribution is 2.14. The molecule has 1 heterocycles. The Morgan fingerprint density at radius 2 is 2.19 bits per heavy atom. The SMILES string of the molecule is CCC1CN(CC(C)C(N)=O)C(CC)CN1. The number of nitrogens with zero attached hydrogens (tertiary/aromatic N) is 1. The summed E-state index contributed by atoms with van der Waals surface area (Å²) in [5.74, 6) is -0.244. The molecule has 0 aromatic carbocycles. The van der Waals surface area contributed by atoms with E-state index in [1.54, 1.807) is 0 Å². The molecule has 4 heteroatoms. The Labute approximate surface area is 98.6 Å². The third-order valence-corrected chi connectivity index (χ3v) is 3.57. The van der Waals surface area contributed by atoms with Crippen molar-refractivity contribution in [3.05, 3.63) is 0 Å². The number of primary amides is 1. The molecule has 1 amide bonds. The smallest absolute Gasteiger partial charge is 0.221 e. The van der Waals surface area contributed by atoms with E-state index in [1.165, 1.54) is 0 Å².